The Morgan fingerprint density at radius 3 is 2.30 bits per heavy atom. The summed E-state index contributed by atoms with van der Waals surface area (Å²) in [6.07, 6.45) is 2.69. The van der Waals surface area contributed by atoms with Crippen LogP contribution in [-0.2, 0) is 14.8 Å². The van der Waals surface area contributed by atoms with Crippen molar-refractivity contribution in [1.82, 2.24) is 4.31 Å². The molecule has 0 N–H and O–H groups in total. The number of carbonyl (C=O) groups excluding carboxylic acids is 2. The van der Waals surface area contributed by atoms with Gasteiger partial charge in [0.2, 0.25) is 15.8 Å². The molecule has 0 aliphatic carbocycles. The van der Waals surface area contributed by atoms with Crippen LogP contribution in [0.15, 0.2) is 41.3 Å². The number of hydrogen-bond acceptors (Lipinski definition) is 5. The molecule has 0 spiro atoms. The number of Topliss-reactive ketones (excluding diaryl/α,β-unsaturated/α-hetero) is 1. The number of benzene rings is 2. The van der Waals surface area contributed by atoms with E-state index in [0.29, 0.717) is 24.2 Å². The van der Waals surface area contributed by atoms with Crippen LogP contribution in [0.25, 0.3) is 0 Å². The maximum Gasteiger partial charge on any atom is 0.338 e. The maximum absolute atomic E-state index is 13.0. The van der Waals surface area contributed by atoms with Crippen molar-refractivity contribution in [3.05, 3.63) is 64.2 Å². The Morgan fingerprint density at radius 2 is 1.60 bits per heavy atom. The molecule has 0 amide bonds. The van der Waals surface area contributed by atoms with Gasteiger partial charge < -0.3 is 4.74 Å². The Morgan fingerprint density at radius 1 is 0.933 bits per heavy atom. The zero-order valence-electron chi connectivity index (χ0n) is 17.6. The average Bonchev–Trinajstić information content (AvgIpc) is 2.74. The van der Waals surface area contributed by atoms with Crippen molar-refractivity contribution in [2.24, 2.45) is 0 Å². The standard InChI is InChI=1S/C23H27NO5S/c1-16-7-8-17(2)20(13-16)21(25)15-29-23(26)19-10-9-18(3)22(14-19)30(27,28)24-11-5-4-6-12-24/h7-10,13-14H,4-6,11-12,15H2,1-3H3. The summed E-state index contributed by atoms with van der Waals surface area (Å²) < 4.78 is 32.7. The molecule has 0 atom stereocenters. The normalized spacial score (nSPS) is 15.0. The van der Waals surface area contributed by atoms with E-state index in [1.165, 1.54) is 16.4 Å². The number of ketones is 1. The fraction of sp³-hybridized carbons (Fsp3) is 0.391. The minimum absolute atomic E-state index is 0.111. The molecule has 0 aromatic heterocycles. The van der Waals surface area contributed by atoms with Gasteiger partial charge in [-0.1, -0.05) is 30.2 Å². The number of nitrogens with zero attached hydrogens (tertiary/aromatic N) is 1. The third kappa shape index (κ3) is 4.79. The molecule has 0 radical (unpaired) electrons. The summed E-state index contributed by atoms with van der Waals surface area (Å²) in [4.78, 5) is 25.1. The van der Waals surface area contributed by atoms with E-state index >= 15 is 0 Å². The number of esters is 1. The second-order valence-corrected chi connectivity index (χ2v) is 9.67. The van der Waals surface area contributed by atoms with Gasteiger partial charge in [0.05, 0.1) is 10.5 Å². The maximum atomic E-state index is 13.0. The van der Waals surface area contributed by atoms with Crippen LogP contribution < -0.4 is 0 Å². The van der Waals surface area contributed by atoms with Crippen LogP contribution in [0.2, 0.25) is 0 Å². The summed E-state index contributed by atoms with van der Waals surface area (Å²) in [5.74, 6) is -1.01. The van der Waals surface area contributed by atoms with E-state index in [1.54, 1.807) is 19.1 Å². The molecule has 1 fully saturated rings. The molecule has 1 saturated heterocycles. The zero-order chi connectivity index (χ0) is 21.9. The van der Waals surface area contributed by atoms with Crippen molar-refractivity contribution in [2.75, 3.05) is 19.7 Å². The zero-order valence-corrected chi connectivity index (χ0v) is 18.4. The Bertz CT molecular complexity index is 1070. The van der Waals surface area contributed by atoms with Gasteiger partial charge in [-0.3, -0.25) is 4.79 Å². The Kier molecular flexibility index (Phi) is 6.73. The number of sulfonamides is 1. The molecule has 7 heteroatoms. The van der Waals surface area contributed by atoms with Crippen molar-refractivity contribution in [2.45, 2.75) is 44.9 Å². The summed E-state index contributed by atoms with van der Waals surface area (Å²) >= 11 is 0. The van der Waals surface area contributed by atoms with Gasteiger partial charge in [0.15, 0.2) is 6.61 Å². The first-order chi connectivity index (χ1) is 14.2. The van der Waals surface area contributed by atoms with Crippen molar-refractivity contribution < 1.29 is 22.7 Å². The predicted molar refractivity (Wildman–Crippen MR) is 114 cm³/mol. The topological polar surface area (TPSA) is 80.8 Å². The highest BCUT2D eigenvalue weighted by Crippen LogP contribution is 2.24. The van der Waals surface area contributed by atoms with Gasteiger partial charge in [-0.2, -0.15) is 4.31 Å². The Labute approximate surface area is 177 Å². The summed E-state index contributed by atoms with van der Waals surface area (Å²) in [6.45, 7) is 5.99. The average molecular weight is 430 g/mol. The molecule has 160 valence electrons. The lowest BCUT2D eigenvalue weighted by Crippen LogP contribution is -2.36. The lowest BCUT2D eigenvalue weighted by Gasteiger charge is -2.26. The second-order valence-electron chi connectivity index (χ2n) is 7.76. The first kappa shape index (κ1) is 22.2. The van der Waals surface area contributed by atoms with Gasteiger partial charge in [-0.05, 0) is 62.9 Å². The predicted octanol–water partition coefficient (Wildman–Crippen LogP) is 3.83. The Balaban J connectivity index is 1.76. The van der Waals surface area contributed by atoms with Crippen molar-refractivity contribution in [3.63, 3.8) is 0 Å². The quantitative estimate of drug-likeness (QED) is 0.515. The number of piperidine rings is 1. The van der Waals surface area contributed by atoms with E-state index in [9.17, 15) is 18.0 Å². The monoisotopic (exact) mass is 429 g/mol. The van der Waals surface area contributed by atoms with Crippen LogP contribution in [0.1, 0.15) is 56.7 Å². The SMILES string of the molecule is Cc1ccc(C)c(C(=O)COC(=O)c2ccc(C)c(S(=O)(=O)N3CCCCC3)c2)c1. The highest BCUT2D eigenvalue weighted by Gasteiger charge is 2.28. The highest BCUT2D eigenvalue weighted by molar-refractivity contribution is 7.89. The molecule has 2 aromatic carbocycles. The van der Waals surface area contributed by atoms with Crippen LogP contribution in [0, 0.1) is 20.8 Å². The number of aryl methyl sites for hydroxylation is 3. The van der Waals surface area contributed by atoms with Crippen molar-refractivity contribution in [3.8, 4) is 0 Å². The molecule has 6 nitrogen and oxygen atoms in total. The largest absolute Gasteiger partial charge is 0.454 e. The molecular formula is C23H27NO5S. The molecule has 3 rings (SSSR count). The molecule has 0 unspecified atom stereocenters. The first-order valence-electron chi connectivity index (χ1n) is 10.1. The molecule has 1 aliphatic heterocycles. The number of ether oxygens (including phenoxy) is 1. The van der Waals surface area contributed by atoms with E-state index in [0.717, 1.165) is 30.4 Å². The minimum atomic E-state index is -3.67. The first-order valence-corrected chi connectivity index (χ1v) is 11.5. The van der Waals surface area contributed by atoms with Gasteiger partial charge >= 0.3 is 5.97 Å². The number of rotatable bonds is 6. The van der Waals surface area contributed by atoms with Crippen LogP contribution in [0.4, 0.5) is 0 Å². The summed E-state index contributed by atoms with van der Waals surface area (Å²) in [7, 11) is -3.67. The summed E-state index contributed by atoms with van der Waals surface area (Å²) in [5.41, 5.74) is 2.96. The third-order valence-electron chi connectivity index (χ3n) is 5.38. The Hall–Kier alpha value is -2.51. The third-order valence-corrected chi connectivity index (χ3v) is 7.43. The molecule has 30 heavy (non-hydrogen) atoms. The van der Waals surface area contributed by atoms with Gasteiger partial charge in [-0.15, -0.1) is 0 Å². The van der Waals surface area contributed by atoms with Gasteiger partial charge in [-0.25, -0.2) is 13.2 Å². The lowest BCUT2D eigenvalue weighted by atomic mass is 10.0. The van der Waals surface area contributed by atoms with E-state index in [1.807, 2.05) is 26.0 Å². The molecule has 1 heterocycles. The van der Waals surface area contributed by atoms with Gasteiger partial charge in [0.25, 0.3) is 0 Å². The van der Waals surface area contributed by atoms with Crippen molar-refractivity contribution >= 4 is 21.8 Å². The van der Waals surface area contributed by atoms with Gasteiger partial charge in [0, 0.05) is 18.7 Å². The molecule has 1 aliphatic rings. The summed E-state index contributed by atoms with van der Waals surface area (Å²) in [6, 6.07) is 10.00. The van der Waals surface area contributed by atoms with Crippen LogP contribution in [0.3, 0.4) is 0 Å². The number of hydrogen-bond donors (Lipinski definition) is 0. The fourth-order valence-corrected chi connectivity index (χ4v) is 5.35. The molecule has 0 bridgehead atoms. The number of carbonyl (C=O) groups is 2. The van der Waals surface area contributed by atoms with Crippen molar-refractivity contribution in [1.29, 1.82) is 0 Å². The molecule has 2 aromatic rings. The smallest absolute Gasteiger partial charge is 0.338 e. The highest BCUT2D eigenvalue weighted by atomic mass is 32.2. The lowest BCUT2D eigenvalue weighted by molar-refractivity contribution is 0.0474. The molecular weight excluding hydrogens is 402 g/mol. The van der Waals surface area contributed by atoms with Crippen LogP contribution in [0.5, 0.6) is 0 Å². The van der Waals surface area contributed by atoms with E-state index in [4.69, 9.17) is 4.74 Å². The minimum Gasteiger partial charge on any atom is -0.454 e. The van der Waals surface area contributed by atoms with E-state index in [-0.39, 0.29) is 16.2 Å². The van der Waals surface area contributed by atoms with Crippen LogP contribution >= 0.6 is 0 Å². The van der Waals surface area contributed by atoms with E-state index < -0.39 is 22.6 Å². The molecule has 0 saturated carbocycles. The van der Waals surface area contributed by atoms with Crippen LogP contribution in [-0.4, -0.2) is 44.2 Å². The fourth-order valence-electron chi connectivity index (χ4n) is 3.58. The second kappa shape index (κ2) is 9.10. The van der Waals surface area contributed by atoms with Gasteiger partial charge in [0.1, 0.15) is 0 Å². The summed E-state index contributed by atoms with van der Waals surface area (Å²) in [5, 5.41) is 0. The van der Waals surface area contributed by atoms with E-state index in [2.05, 4.69) is 0 Å².